The number of hydrogen-bond donors (Lipinski definition) is 0. The first-order valence-corrected chi connectivity index (χ1v) is 8.06. The highest BCUT2D eigenvalue weighted by molar-refractivity contribution is 8.04. The van der Waals surface area contributed by atoms with Crippen molar-refractivity contribution < 1.29 is 27.9 Å². The highest BCUT2D eigenvalue weighted by Gasteiger charge is 2.35. The van der Waals surface area contributed by atoms with E-state index in [1.165, 1.54) is 0 Å². The first kappa shape index (κ1) is 18.1. The van der Waals surface area contributed by atoms with Gasteiger partial charge < -0.3 is 4.74 Å². The van der Waals surface area contributed by atoms with Gasteiger partial charge in [-0.15, -0.1) is 0 Å². The van der Waals surface area contributed by atoms with E-state index in [0.717, 1.165) is 40.9 Å². The number of ether oxygens (including phenoxy) is 1. The number of carbonyl (C=O) groups is 3. The molecule has 1 aromatic carbocycles. The molecule has 0 radical (unpaired) electrons. The van der Waals surface area contributed by atoms with Crippen LogP contribution in [0.3, 0.4) is 0 Å². The maximum Gasteiger partial charge on any atom is 0.333 e. The Morgan fingerprint density at radius 3 is 2.67 bits per heavy atom. The fourth-order valence-corrected chi connectivity index (χ4v) is 3.12. The fraction of sp³-hybridized carbons (Fsp3) is 0.312. The van der Waals surface area contributed by atoms with Gasteiger partial charge in [0.2, 0.25) is 5.91 Å². The number of halogens is 2. The van der Waals surface area contributed by atoms with Crippen LogP contribution in [0, 0.1) is 11.6 Å². The second kappa shape index (κ2) is 7.57. The van der Waals surface area contributed by atoms with Crippen LogP contribution in [0.15, 0.2) is 29.3 Å². The second-order valence-electron chi connectivity index (χ2n) is 4.97. The van der Waals surface area contributed by atoms with Gasteiger partial charge in [-0.1, -0.05) is 11.8 Å². The van der Waals surface area contributed by atoms with Crippen molar-refractivity contribution in [3.63, 3.8) is 0 Å². The fourth-order valence-electron chi connectivity index (χ4n) is 2.08. The van der Waals surface area contributed by atoms with E-state index in [2.05, 4.69) is 0 Å². The maximum atomic E-state index is 13.2. The number of rotatable bonds is 5. The number of nitrogens with zero attached hydrogens (tertiary/aromatic N) is 1. The summed E-state index contributed by atoms with van der Waals surface area (Å²) in [7, 11) is 0. The monoisotopic (exact) mass is 355 g/mol. The van der Waals surface area contributed by atoms with E-state index >= 15 is 0 Å². The molecule has 0 N–H and O–H groups in total. The third-order valence-electron chi connectivity index (χ3n) is 3.25. The van der Waals surface area contributed by atoms with Crippen molar-refractivity contribution in [3.05, 3.63) is 46.5 Å². The molecule has 0 aliphatic carbocycles. The van der Waals surface area contributed by atoms with Gasteiger partial charge in [-0.3, -0.25) is 14.5 Å². The number of carbonyl (C=O) groups excluding carboxylic acids is 3. The van der Waals surface area contributed by atoms with Gasteiger partial charge in [-0.05, 0) is 32.0 Å². The van der Waals surface area contributed by atoms with Gasteiger partial charge in [-0.25, -0.2) is 13.6 Å². The van der Waals surface area contributed by atoms with E-state index in [-0.39, 0.29) is 24.6 Å². The summed E-state index contributed by atoms with van der Waals surface area (Å²) in [5, 5.41) is -0.162. The van der Waals surface area contributed by atoms with Crippen LogP contribution in [-0.2, 0) is 14.3 Å². The summed E-state index contributed by atoms with van der Waals surface area (Å²) in [5.74, 6) is -3.72. The number of Topliss-reactive ketones (excluding diaryl/α,β-unsaturated/α-hetero) is 1. The smallest absolute Gasteiger partial charge is 0.333 e. The van der Waals surface area contributed by atoms with Crippen LogP contribution >= 0.6 is 11.8 Å². The van der Waals surface area contributed by atoms with Crippen molar-refractivity contribution in [1.82, 2.24) is 4.90 Å². The molecule has 24 heavy (non-hydrogen) atoms. The number of amides is 1. The van der Waals surface area contributed by atoms with E-state index < -0.39 is 28.6 Å². The molecule has 0 saturated carbocycles. The Labute approximate surface area is 141 Å². The third-order valence-corrected chi connectivity index (χ3v) is 4.38. The van der Waals surface area contributed by atoms with Gasteiger partial charge >= 0.3 is 5.97 Å². The maximum absolute atomic E-state index is 13.2. The molecule has 0 spiro atoms. The van der Waals surface area contributed by atoms with Gasteiger partial charge in [0, 0.05) is 5.56 Å². The molecule has 2 rings (SSSR count). The summed E-state index contributed by atoms with van der Waals surface area (Å²) in [6.45, 7) is 3.11. The largest absolute Gasteiger partial charge is 0.463 e. The van der Waals surface area contributed by atoms with E-state index in [9.17, 15) is 23.2 Å². The Morgan fingerprint density at radius 1 is 1.33 bits per heavy atom. The third kappa shape index (κ3) is 4.00. The van der Waals surface area contributed by atoms with Gasteiger partial charge in [0.25, 0.3) is 0 Å². The first-order chi connectivity index (χ1) is 11.3. The molecule has 0 bridgehead atoms. The zero-order chi connectivity index (χ0) is 17.9. The van der Waals surface area contributed by atoms with Crippen LogP contribution in [0.1, 0.15) is 24.2 Å². The number of hydrogen-bond acceptors (Lipinski definition) is 5. The van der Waals surface area contributed by atoms with Crippen molar-refractivity contribution in [3.8, 4) is 0 Å². The molecule has 128 valence electrons. The standard InChI is InChI=1S/C16H15F2NO4S/c1-3-23-15(21)7-14-19(16(22)9(2)24-14)8-13(20)10-4-5-11(17)12(18)6-10/h4-7,9H,3,8H2,1-2H3. The lowest BCUT2D eigenvalue weighted by Gasteiger charge is -2.16. The minimum absolute atomic E-state index is 0.0539. The molecule has 1 saturated heterocycles. The minimum atomic E-state index is -1.14. The molecular weight excluding hydrogens is 340 g/mol. The SMILES string of the molecule is CCOC(=O)C=C1SC(C)C(=O)N1CC(=O)c1ccc(F)c(F)c1. The van der Waals surface area contributed by atoms with Crippen LogP contribution in [0.4, 0.5) is 8.78 Å². The highest BCUT2D eigenvalue weighted by Crippen LogP contribution is 2.34. The summed E-state index contributed by atoms with van der Waals surface area (Å²) in [4.78, 5) is 37.1. The van der Waals surface area contributed by atoms with Crippen LogP contribution < -0.4 is 0 Å². The molecule has 1 amide bonds. The molecule has 1 aliphatic heterocycles. The van der Waals surface area contributed by atoms with Gasteiger partial charge in [0.15, 0.2) is 17.4 Å². The lowest BCUT2D eigenvalue weighted by Crippen LogP contribution is -2.33. The molecule has 1 aromatic rings. The van der Waals surface area contributed by atoms with Crippen LogP contribution in [-0.4, -0.2) is 41.0 Å². The first-order valence-electron chi connectivity index (χ1n) is 7.18. The Morgan fingerprint density at radius 2 is 2.04 bits per heavy atom. The van der Waals surface area contributed by atoms with Crippen molar-refractivity contribution in [2.75, 3.05) is 13.2 Å². The Kier molecular flexibility index (Phi) is 5.71. The average molecular weight is 355 g/mol. The number of esters is 1. The average Bonchev–Trinajstić information content (AvgIpc) is 2.77. The van der Waals surface area contributed by atoms with Gasteiger partial charge in [0.05, 0.1) is 29.5 Å². The van der Waals surface area contributed by atoms with E-state index in [4.69, 9.17) is 4.74 Å². The molecule has 5 nitrogen and oxygen atoms in total. The predicted molar refractivity (Wildman–Crippen MR) is 84.2 cm³/mol. The minimum Gasteiger partial charge on any atom is -0.463 e. The lowest BCUT2D eigenvalue weighted by molar-refractivity contribution is -0.137. The molecule has 1 aliphatic rings. The van der Waals surface area contributed by atoms with Crippen molar-refractivity contribution in [2.45, 2.75) is 19.1 Å². The number of thioether (sulfide) groups is 1. The molecule has 1 fully saturated rings. The Hall–Kier alpha value is -2.22. The zero-order valence-corrected chi connectivity index (χ0v) is 13.9. The Bertz CT molecular complexity index is 720. The van der Waals surface area contributed by atoms with E-state index in [0.29, 0.717) is 5.03 Å². The summed E-state index contributed by atoms with van der Waals surface area (Å²) >= 11 is 1.13. The van der Waals surface area contributed by atoms with Crippen molar-refractivity contribution in [1.29, 1.82) is 0 Å². The highest BCUT2D eigenvalue weighted by atomic mass is 32.2. The van der Waals surface area contributed by atoms with E-state index in [1.54, 1.807) is 13.8 Å². The van der Waals surface area contributed by atoms with Crippen LogP contribution in [0.5, 0.6) is 0 Å². The molecule has 1 heterocycles. The number of benzene rings is 1. The molecule has 1 atom stereocenters. The van der Waals surface area contributed by atoms with Gasteiger partial charge in [-0.2, -0.15) is 0 Å². The van der Waals surface area contributed by atoms with Gasteiger partial charge in [0.1, 0.15) is 0 Å². The van der Waals surface area contributed by atoms with Crippen molar-refractivity contribution in [2.24, 2.45) is 0 Å². The van der Waals surface area contributed by atoms with E-state index in [1.807, 2.05) is 0 Å². The summed E-state index contributed by atoms with van der Waals surface area (Å²) in [6, 6.07) is 2.78. The summed E-state index contributed by atoms with van der Waals surface area (Å²) in [5.41, 5.74) is -0.0539. The molecule has 8 heteroatoms. The topological polar surface area (TPSA) is 63.7 Å². The predicted octanol–water partition coefficient (Wildman–Crippen LogP) is 2.52. The van der Waals surface area contributed by atoms with Crippen molar-refractivity contribution >= 4 is 29.4 Å². The molecular formula is C16H15F2NO4S. The second-order valence-corrected chi connectivity index (χ2v) is 6.33. The quantitative estimate of drug-likeness (QED) is 0.461. The lowest BCUT2D eigenvalue weighted by atomic mass is 10.1. The van der Waals surface area contributed by atoms with Crippen LogP contribution in [0.2, 0.25) is 0 Å². The molecule has 1 unspecified atom stereocenters. The Balaban J connectivity index is 2.20. The summed E-state index contributed by atoms with van der Waals surface area (Å²) < 4.78 is 31.0. The normalized spacial score (nSPS) is 19.0. The zero-order valence-electron chi connectivity index (χ0n) is 13.0. The number of ketones is 1. The summed E-state index contributed by atoms with van der Waals surface area (Å²) in [6.07, 6.45) is 1.15. The van der Waals surface area contributed by atoms with Crippen LogP contribution in [0.25, 0.3) is 0 Å². The molecule has 0 aromatic heterocycles.